The average Bonchev–Trinajstić information content (AvgIpc) is 2.97. The first-order valence-electron chi connectivity index (χ1n) is 8.18. The molecule has 2 aromatic rings. The maximum Gasteiger partial charge on any atom is 0.392 e. The zero-order valence-corrected chi connectivity index (χ0v) is 15.8. The fraction of sp³-hybridized carbons (Fsp3) is 0.333. The summed E-state index contributed by atoms with van der Waals surface area (Å²) in [5, 5.41) is 8.94. The normalized spacial score (nSPS) is 17.0. The summed E-state index contributed by atoms with van der Waals surface area (Å²) in [5.41, 5.74) is 2.46. The minimum Gasteiger partial charge on any atom is -0.206 e. The van der Waals surface area contributed by atoms with Gasteiger partial charge in [0.25, 0.3) is 6.43 Å². The molecular weight excluding hydrogens is 381 g/mol. The molecule has 1 aliphatic heterocycles. The van der Waals surface area contributed by atoms with Gasteiger partial charge in [-0.3, -0.25) is 0 Å². The summed E-state index contributed by atoms with van der Waals surface area (Å²) in [6, 6.07) is 12.7. The molecule has 0 aliphatic carbocycles. The molecule has 0 bridgehead atoms. The molecule has 3 rings (SSSR count). The first kappa shape index (κ1) is 18.9. The van der Waals surface area contributed by atoms with Crippen molar-refractivity contribution in [2.24, 2.45) is 10.4 Å². The van der Waals surface area contributed by atoms with Gasteiger partial charge in [0.2, 0.25) is 0 Å². The number of hydrogen-bond acceptors (Lipinski definition) is 2. The molecule has 0 amide bonds. The van der Waals surface area contributed by atoms with Crippen LogP contribution < -0.4 is 0 Å². The first-order valence-corrected chi connectivity index (χ1v) is 8.93. The van der Waals surface area contributed by atoms with Gasteiger partial charge in [0.05, 0.1) is 10.6 Å². The Balaban J connectivity index is 2.12. The maximum absolute atomic E-state index is 13.1. The van der Waals surface area contributed by atoms with Crippen LogP contribution in [-0.2, 0) is 0 Å². The van der Waals surface area contributed by atoms with Crippen LogP contribution in [-0.4, -0.2) is 22.4 Å². The molecule has 0 saturated heterocycles. The lowest BCUT2D eigenvalue weighted by Gasteiger charge is -2.15. The van der Waals surface area contributed by atoms with Crippen LogP contribution in [0.2, 0.25) is 10.0 Å². The number of rotatable bonds is 5. The molecule has 8 heteroatoms. The van der Waals surface area contributed by atoms with Crippen LogP contribution in [0.3, 0.4) is 0 Å². The lowest BCUT2D eigenvalue weighted by molar-refractivity contribution is -0.777. The van der Waals surface area contributed by atoms with Crippen LogP contribution in [0.5, 0.6) is 0 Å². The Kier molecular flexibility index (Phi) is 5.63. The summed E-state index contributed by atoms with van der Waals surface area (Å²) in [7, 11) is 0. The fourth-order valence-corrected chi connectivity index (χ4v) is 3.50. The second kappa shape index (κ2) is 7.76. The lowest BCUT2D eigenvalue weighted by atomic mass is 9.95. The van der Waals surface area contributed by atoms with E-state index in [4.69, 9.17) is 23.2 Å². The SMILES string of the molecule is CC(C)c1ccccc1C1[N+](CC(F)F)=NN=[N+]1c1ccc(Cl)cc1Cl. The lowest BCUT2D eigenvalue weighted by Crippen LogP contribution is -2.27. The molecule has 2 aromatic carbocycles. The van der Waals surface area contributed by atoms with E-state index in [0.29, 0.717) is 15.7 Å². The van der Waals surface area contributed by atoms with Gasteiger partial charge in [0.15, 0.2) is 12.2 Å². The summed E-state index contributed by atoms with van der Waals surface area (Å²) >= 11 is 12.3. The van der Waals surface area contributed by atoms with Crippen LogP contribution in [0.15, 0.2) is 52.9 Å². The summed E-state index contributed by atoms with van der Waals surface area (Å²) in [6.07, 6.45) is -3.15. The highest BCUT2D eigenvalue weighted by molar-refractivity contribution is 6.35. The molecule has 26 heavy (non-hydrogen) atoms. The minimum atomic E-state index is -2.54. The van der Waals surface area contributed by atoms with E-state index in [9.17, 15) is 8.78 Å². The largest absolute Gasteiger partial charge is 0.392 e. The van der Waals surface area contributed by atoms with Crippen molar-refractivity contribution in [2.75, 3.05) is 6.54 Å². The predicted octanol–water partition coefficient (Wildman–Crippen LogP) is 6.57. The summed E-state index contributed by atoms with van der Waals surface area (Å²) < 4.78 is 29.0. The van der Waals surface area contributed by atoms with Crippen LogP contribution >= 0.6 is 23.2 Å². The minimum absolute atomic E-state index is 0.211. The van der Waals surface area contributed by atoms with Crippen LogP contribution in [0.1, 0.15) is 37.1 Å². The van der Waals surface area contributed by atoms with Gasteiger partial charge in [-0.05, 0) is 40.4 Å². The molecule has 1 atom stereocenters. The van der Waals surface area contributed by atoms with Crippen molar-refractivity contribution in [3.05, 3.63) is 63.6 Å². The fourth-order valence-electron chi connectivity index (χ4n) is 3.01. The van der Waals surface area contributed by atoms with E-state index in [1.165, 1.54) is 4.70 Å². The smallest absolute Gasteiger partial charge is 0.206 e. The van der Waals surface area contributed by atoms with Gasteiger partial charge < -0.3 is 0 Å². The van der Waals surface area contributed by atoms with Crippen LogP contribution in [0.4, 0.5) is 14.5 Å². The number of nitrogens with zero attached hydrogens (tertiary/aromatic N) is 4. The molecule has 0 aromatic heterocycles. The van der Waals surface area contributed by atoms with E-state index >= 15 is 0 Å². The molecule has 1 aliphatic rings. The number of alkyl halides is 2. The molecule has 0 spiro atoms. The number of benzene rings is 2. The van der Waals surface area contributed by atoms with Crippen LogP contribution in [0.25, 0.3) is 0 Å². The highest BCUT2D eigenvalue weighted by Gasteiger charge is 2.46. The number of hydrogen-bond donors (Lipinski definition) is 0. The second-order valence-electron chi connectivity index (χ2n) is 6.29. The predicted molar refractivity (Wildman–Crippen MR) is 95.6 cm³/mol. The summed E-state index contributed by atoms with van der Waals surface area (Å²) in [5.74, 6) is 0.211. The molecular formula is C18H18Cl2F2N4+2. The molecule has 0 N–H and O–H groups in total. The van der Waals surface area contributed by atoms with E-state index in [2.05, 4.69) is 24.3 Å². The zero-order valence-electron chi connectivity index (χ0n) is 14.3. The van der Waals surface area contributed by atoms with E-state index < -0.39 is 19.1 Å². The van der Waals surface area contributed by atoms with E-state index in [1.54, 1.807) is 22.9 Å². The third-order valence-electron chi connectivity index (χ3n) is 4.14. The van der Waals surface area contributed by atoms with Crippen molar-refractivity contribution in [3.63, 3.8) is 0 Å². The number of halogens is 4. The quantitative estimate of drug-likeness (QED) is 0.509. The molecule has 0 radical (unpaired) electrons. The van der Waals surface area contributed by atoms with Crippen molar-refractivity contribution in [1.82, 2.24) is 0 Å². The monoisotopic (exact) mass is 398 g/mol. The van der Waals surface area contributed by atoms with E-state index in [-0.39, 0.29) is 5.92 Å². The van der Waals surface area contributed by atoms with Crippen LogP contribution in [0, 0.1) is 0 Å². The van der Waals surface area contributed by atoms with Crippen molar-refractivity contribution in [1.29, 1.82) is 0 Å². The first-order chi connectivity index (χ1) is 12.4. The van der Waals surface area contributed by atoms with Crippen molar-refractivity contribution in [2.45, 2.75) is 32.4 Å². The Morgan fingerprint density at radius 2 is 1.81 bits per heavy atom. The Hall–Kier alpha value is -1.92. The highest BCUT2D eigenvalue weighted by Crippen LogP contribution is 2.38. The van der Waals surface area contributed by atoms with Crippen molar-refractivity contribution < 1.29 is 18.2 Å². The Bertz CT molecular complexity index is 881. The summed E-state index contributed by atoms with van der Waals surface area (Å²) in [4.78, 5) is 0. The molecule has 0 fully saturated rings. The maximum atomic E-state index is 13.1. The van der Waals surface area contributed by atoms with Crippen molar-refractivity contribution in [3.8, 4) is 0 Å². The standard InChI is InChI=1S/C18H18Cl2F2N4/c1-11(2)13-5-3-4-6-14(13)18-25(10-17(21)22)23-24-26(18)16-8-7-12(19)9-15(16)20/h3-9,11,17-18H,10H2,1-2H3/q+2. The zero-order chi connectivity index (χ0) is 18.8. The highest BCUT2D eigenvalue weighted by atomic mass is 35.5. The molecule has 1 heterocycles. The van der Waals surface area contributed by atoms with Crippen molar-refractivity contribution >= 4 is 28.9 Å². The van der Waals surface area contributed by atoms with Gasteiger partial charge in [-0.1, -0.05) is 55.2 Å². The topological polar surface area (TPSA) is 30.7 Å². The third kappa shape index (κ3) is 3.76. The summed E-state index contributed by atoms with van der Waals surface area (Å²) in [6.45, 7) is 3.58. The third-order valence-corrected chi connectivity index (χ3v) is 4.68. The Morgan fingerprint density at radius 1 is 1.08 bits per heavy atom. The Labute approximate surface area is 160 Å². The second-order valence-corrected chi connectivity index (χ2v) is 7.13. The van der Waals surface area contributed by atoms with Gasteiger partial charge in [-0.25, -0.2) is 8.78 Å². The Morgan fingerprint density at radius 3 is 2.46 bits per heavy atom. The van der Waals surface area contributed by atoms with Gasteiger partial charge in [0.1, 0.15) is 0 Å². The molecule has 1 unspecified atom stereocenters. The van der Waals surface area contributed by atoms with Gasteiger partial charge in [0, 0.05) is 9.72 Å². The molecule has 4 nitrogen and oxygen atoms in total. The van der Waals surface area contributed by atoms with Gasteiger partial charge >= 0.3 is 16.6 Å². The van der Waals surface area contributed by atoms with E-state index in [0.717, 1.165) is 11.1 Å². The molecule has 136 valence electrons. The van der Waals surface area contributed by atoms with Gasteiger partial charge in [-0.2, -0.15) is 0 Å². The van der Waals surface area contributed by atoms with Gasteiger partial charge in [-0.15, -0.1) is 0 Å². The molecule has 0 saturated carbocycles. The van der Waals surface area contributed by atoms with E-state index in [1.807, 2.05) is 24.3 Å². The average molecular weight is 399 g/mol.